The zero-order valence-electron chi connectivity index (χ0n) is 11.3. The summed E-state index contributed by atoms with van der Waals surface area (Å²) in [6.45, 7) is 5.83. The van der Waals surface area contributed by atoms with Gasteiger partial charge < -0.3 is 14.2 Å². The predicted octanol–water partition coefficient (Wildman–Crippen LogP) is 2.03. The number of hydrogen-bond acceptors (Lipinski definition) is 5. The highest BCUT2D eigenvalue weighted by Crippen LogP contribution is 2.32. The first-order valence-corrected chi connectivity index (χ1v) is 5.99. The smallest absolute Gasteiger partial charge is 0.424 e. The Morgan fingerprint density at radius 3 is 2.74 bits per heavy atom. The standard InChI is InChI=1S/C13H18N2O4/c1-13(2,3)19-12(16)15(14)7-9-4-5-10-11(6-9)18-8-17-10/h4-6H,7-8,14H2,1-3H3. The lowest BCUT2D eigenvalue weighted by molar-refractivity contribution is 0.0231. The molecule has 0 saturated heterocycles. The van der Waals surface area contributed by atoms with E-state index in [9.17, 15) is 4.79 Å². The van der Waals surface area contributed by atoms with Crippen LogP contribution in [0.1, 0.15) is 26.3 Å². The fourth-order valence-electron chi connectivity index (χ4n) is 1.62. The second kappa shape index (κ2) is 4.97. The molecule has 1 aromatic rings. The number of ether oxygens (including phenoxy) is 3. The van der Waals surface area contributed by atoms with Crippen molar-refractivity contribution in [3.05, 3.63) is 23.8 Å². The van der Waals surface area contributed by atoms with Gasteiger partial charge in [0.05, 0.1) is 6.54 Å². The number of nitrogens with zero attached hydrogens (tertiary/aromatic N) is 1. The molecule has 1 aliphatic rings. The highest BCUT2D eigenvalue weighted by molar-refractivity contribution is 5.67. The Labute approximate surface area is 112 Å². The normalized spacial score (nSPS) is 13.3. The van der Waals surface area contributed by atoms with Crippen molar-refractivity contribution in [1.82, 2.24) is 5.01 Å². The Hall–Kier alpha value is -1.95. The molecule has 1 amide bonds. The number of fused-ring (bicyclic) bond motifs is 1. The van der Waals surface area contributed by atoms with Crippen LogP contribution < -0.4 is 15.3 Å². The van der Waals surface area contributed by atoms with E-state index in [2.05, 4.69) is 0 Å². The molecule has 0 saturated carbocycles. The first-order chi connectivity index (χ1) is 8.85. The van der Waals surface area contributed by atoms with Crippen molar-refractivity contribution in [3.8, 4) is 11.5 Å². The van der Waals surface area contributed by atoms with Crippen LogP contribution in [0.25, 0.3) is 0 Å². The van der Waals surface area contributed by atoms with Crippen LogP contribution in [-0.2, 0) is 11.3 Å². The van der Waals surface area contributed by atoms with E-state index in [-0.39, 0.29) is 13.3 Å². The predicted molar refractivity (Wildman–Crippen MR) is 68.5 cm³/mol. The summed E-state index contributed by atoms with van der Waals surface area (Å²) in [5.41, 5.74) is 0.279. The fourth-order valence-corrected chi connectivity index (χ4v) is 1.62. The third-order valence-corrected chi connectivity index (χ3v) is 2.42. The lowest BCUT2D eigenvalue weighted by Gasteiger charge is -2.24. The first-order valence-electron chi connectivity index (χ1n) is 5.99. The minimum Gasteiger partial charge on any atom is -0.454 e. The van der Waals surface area contributed by atoms with Gasteiger partial charge in [-0.1, -0.05) is 6.07 Å². The van der Waals surface area contributed by atoms with Crippen molar-refractivity contribution in [2.45, 2.75) is 32.9 Å². The third-order valence-electron chi connectivity index (χ3n) is 2.42. The zero-order valence-corrected chi connectivity index (χ0v) is 11.3. The van der Waals surface area contributed by atoms with Gasteiger partial charge >= 0.3 is 6.09 Å². The van der Waals surface area contributed by atoms with E-state index in [0.29, 0.717) is 11.5 Å². The fraction of sp³-hybridized carbons (Fsp3) is 0.462. The molecule has 0 aliphatic carbocycles. The molecule has 19 heavy (non-hydrogen) atoms. The second-order valence-corrected chi connectivity index (χ2v) is 5.30. The number of carbonyl (C=O) groups excluding carboxylic acids is 1. The van der Waals surface area contributed by atoms with E-state index in [4.69, 9.17) is 20.1 Å². The van der Waals surface area contributed by atoms with E-state index in [1.165, 1.54) is 0 Å². The lowest BCUT2D eigenvalue weighted by atomic mass is 10.2. The quantitative estimate of drug-likeness (QED) is 0.503. The molecule has 1 aliphatic heterocycles. The summed E-state index contributed by atoms with van der Waals surface area (Å²) in [5.74, 6) is 7.05. The van der Waals surface area contributed by atoms with Crippen LogP contribution in [0.2, 0.25) is 0 Å². The van der Waals surface area contributed by atoms with Crippen molar-refractivity contribution >= 4 is 6.09 Å². The van der Waals surface area contributed by atoms with Crippen molar-refractivity contribution in [2.75, 3.05) is 6.79 Å². The van der Waals surface area contributed by atoms with Crippen LogP contribution in [0.15, 0.2) is 18.2 Å². The molecule has 0 spiro atoms. The van der Waals surface area contributed by atoms with Crippen LogP contribution in [0.5, 0.6) is 11.5 Å². The van der Waals surface area contributed by atoms with Crippen LogP contribution in [0.3, 0.4) is 0 Å². The molecule has 0 fully saturated rings. The minimum absolute atomic E-state index is 0.219. The minimum atomic E-state index is -0.566. The summed E-state index contributed by atoms with van der Waals surface area (Å²) in [4.78, 5) is 11.7. The van der Waals surface area contributed by atoms with Gasteiger partial charge in [-0.3, -0.25) is 0 Å². The van der Waals surface area contributed by atoms with E-state index in [1.54, 1.807) is 32.9 Å². The van der Waals surface area contributed by atoms with Gasteiger partial charge in [0.25, 0.3) is 0 Å². The van der Waals surface area contributed by atoms with E-state index >= 15 is 0 Å². The number of carbonyl (C=O) groups is 1. The van der Waals surface area contributed by atoms with Gasteiger partial charge in [0, 0.05) is 0 Å². The van der Waals surface area contributed by atoms with Gasteiger partial charge in [-0.15, -0.1) is 0 Å². The molecule has 0 radical (unpaired) electrons. The monoisotopic (exact) mass is 266 g/mol. The van der Waals surface area contributed by atoms with E-state index in [0.717, 1.165) is 10.6 Å². The van der Waals surface area contributed by atoms with Gasteiger partial charge in [0.2, 0.25) is 6.79 Å². The first kappa shape index (κ1) is 13.5. The Morgan fingerprint density at radius 1 is 1.37 bits per heavy atom. The maximum atomic E-state index is 11.7. The van der Waals surface area contributed by atoms with Crippen molar-refractivity contribution in [3.63, 3.8) is 0 Å². The van der Waals surface area contributed by atoms with Crippen LogP contribution in [0.4, 0.5) is 4.79 Å². The van der Waals surface area contributed by atoms with Crippen LogP contribution in [0, 0.1) is 0 Å². The number of hydrogen-bond donors (Lipinski definition) is 1. The molecule has 0 atom stereocenters. The number of benzene rings is 1. The van der Waals surface area contributed by atoms with Gasteiger partial charge in [0.15, 0.2) is 11.5 Å². The van der Waals surface area contributed by atoms with Crippen LogP contribution in [-0.4, -0.2) is 23.5 Å². The summed E-state index contributed by atoms with van der Waals surface area (Å²) < 4.78 is 15.6. The zero-order chi connectivity index (χ0) is 14.0. The Kier molecular flexibility index (Phi) is 3.53. The molecule has 1 aromatic carbocycles. The second-order valence-electron chi connectivity index (χ2n) is 5.30. The number of rotatable bonds is 2. The Balaban J connectivity index is 1.99. The van der Waals surface area contributed by atoms with Crippen LogP contribution >= 0.6 is 0 Å². The largest absolute Gasteiger partial charge is 0.454 e. The SMILES string of the molecule is CC(C)(C)OC(=O)N(N)Cc1ccc2c(c1)OCO2. The third kappa shape index (κ3) is 3.51. The molecule has 0 bridgehead atoms. The number of amides is 1. The molecule has 6 nitrogen and oxygen atoms in total. The summed E-state index contributed by atoms with van der Waals surface area (Å²) in [6, 6.07) is 5.42. The maximum Gasteiger partial charge on any atom is 0.424 e. The Morgan fingerprint density at radius 2 is 2.05 bits per heavy atom. The van der Waals surface area contributed by atoms with Crippen molar-refractivity contribution in [1.29, 1.82) is 0 Å². The average molecular weight is 266 g/mol. The number of nitrogens with two attached hydrogens (primary N) is 1. The van der Waals surface area contributed by atoms with Gasteiger partial charge in [-0.05, 0) is 38.5 Å². The van der Waals surface area contributed by atoms with Gasteiger partial charge in [-0.2, -0.15) is 0 Å². The van der Waals surface area contributed by atoms with Crippen molar-refractivity contribution in [2.24, 2.45) is 5.84 Å². The maximum absolute atomic E-state index is 11.7. The molecule has 0 unspecified atom stereocenters. The topological polar surface area (TPSA) is 74.0 Å². The number of hydrazine groups is 1. The summed E-state index contributed by atoms with van der Waals surface area (Å²) in [5, 5.41) is 1.03. The summed E-state index contributed by atoms with van der Waals surface area (Å²) in [7, 11) is 0. The molecule has 2 N–H and O–H groups in total. The summed E-state index contributed by atoms with van der Waals surface area (Å²) in [6.07, 6.45) is -0.565. The Bertz CT molecular complexity index is 482. The highest BCUT2D eigenvalue weighted by Gasteiger charge is 2.21. The lowest BCUT2D eigenvalue weighted by Crippen LogP contribution is -2.40. The molecule has 1 heterocycles. The molecule has 104 valence electrons. The van der Waals surface area contributed by atoms with Gasteiger partial charge in [-0.25, -0.2) is 15.6 Å². The van der Waals surface area contributed by atoms with Gasteiger partial charge in [0.1, 0.15) is 5.60 Å². The molecular formula is C13H18N2O4. The molecule has 2 rings (SSSR count). The molecule has 0 aromatic heterocycles. The molecule has 6 heteroatoms. The van der Waals surface area contributed by atoms with E-state index in [1.807, 2.05) is 6.07 Å². The average Bonchev–Trinajstić information content (AvgIpc) is 2.73. The summed E-state index contributed by atoms with van der Waals surface area (Å²) >= 11 is 0. The molecular weight excluding hydrogens is 248 g/mol. The highest BCUT2D eigenvalue weighted by atomic mass is 16.7. The van der Waals surface area contributed by atoms with E-state index < -0.39 is 11.7 Å². The van der Waals surface area contributed by atoms with Crippen molar-refractivity contribution < 1.29 is 19.0 Å².